The predicted octanol–water partition coefficient (Wildman–Crippen LogP) is 2.23. The number of pyridine rings is 1. The number of rotatable bonds is 6. The molecule has 0 aromatic carbocycles. The van der Waals surface area contributed by atoms with Crippen molar-refractivity contribution in [2.75, 3.05) is 6.54 Å². The molecule has 102 valence electrons. The van der Waals surface area contributed by atoms with Crippen LogP contribution in [0.2, 0.25) is 0 Å². The standard InChI is InChI=1S/C14H20N4O/c1-4-11-9-15-7-6-12(11)14-17-13(19-18-14)8-10(3)16-5-2/h6-7,9-10,16H,4-5,8H2,1-3H3. The van der Waals surface area contributed by atoms with Gasteiger partial charge in [-0.25, -0.2) is 0 Å². The van der Waals surface area contributed by atoms with E-state index in [-0.39, 0.29) is 0 Å². The third-order valence-electron chi connectivity index (χ3n) is 3.03. The summed E-state index contributed by atoms with van der Waals surface area (Å²) < 4.78 is 5.31. The lowest BCUT2D eigenvalue weighted by molar-refractivity contribution is 0.363. The van der Waals surface area contributed by atoms with E-state index in [1.165, 1.54) is 0 Å². The molecular weight excluding hydrogens is 240 g/mol. The summed E-state index contributed by atoms with van der Waals surface area (Å²) >= 11 is 0. The van der Waals surface area contributed by atoms with E-state index < -0.39 is 0 Å². The Morgan fingerprint density at radius 2 is 2.21 bits per heavy atom. The average molecular weight is 260 g/mol. The van der Waals surface area contributed by atoms with E-state index in [2.05, 4.69) is 41.2 Å². The SMILES string of the molecule is CCNC(C)Cc1nc(-c2ccncc2CC)no1. The van der Waals surface area contributed by atoms with Crippen molar-refractivity contribution in [2.24, 2.45) is 0 Å². The topological polar surface area (TPSA) is 63.8 Å². The summed E-state index contributed by atoms with van der Waals surface area (Å²) in [5.41, 5.74) is 2.14. The minimum Gasteiger partial charge on any atom is -0.339 e. The number of hydrogen-bond donors (Lipinski definition) is 1. The fourth-order valence-corrected chi connectivity index (χ4v) is 2.06. The molecule has 0 saturated carbocycles. The van der Waals surface area contributed by atoms with Crippen molar-refractivity contribution in [3.63, 3.8) is 0 Å². The first-order chi connectivity index (χ1) is 9.24. The second-order valence-electron chi connectivity index (χ2n) is 4.56. The third kappa shape index (κ3) is 3.38. The fourth-order valence-electron chi connectivity index (χ4n) is 2.06. The molecule has 0 bridgehead atoms. The Bertz CT molecular complexity index is 524. The average Bonchev–Trinajstić information content (AvgIpc) is 2.87. The number of aryl methyl sites for hydroxylation is 1. The van der Waals surface area contributed by atoms with Gasteiger partial charge in [-0.3, -0.25) is 4.98 Å². The summed E-state index contributed by atoms with van der Waals surface area (Å²) in [7, 11) is 0. The van der Waals surface area contributed by atoms with Gasteiger partial charge in [-0.05, 0) is 31.5 Å². The van der Waals surface area contributed by atoms with Crippen molar-refractivity contribution in [2.45, 2.75) is 39.7 Å². The van der Waals surface area contributed by atoms with Crippen LogP contribution >= 0.6 is 0 Å². The normalized spacial score (nSPS) is 12.6. The van der Waals surface area contributed by atoms with Gasteiger partial charge in [-0.2, -0.15) is 4.98 Å². The number of aromatic nitrogens is 3. The summed E-state index contributed by atoms with van der Waals surface area (Å²) in [5, 5.41) is 7.39. The molecule has 5 heteroatoms. The zero-order valence-corrected chi connectivity index (χ0v) is 11.7. The number of likely N-dealkylation sites (N-methyl/N-ethyl adjacent to an activating group) is 1. The van der Waals surface area contributed by atoms with Gasteiger partial charge in [0.2, 0.25) is 11.7 Å². The minimum atomic E-state index is 0.335. The molecule has 0 spiro atoms. The highest BCUT2D eigenvalue weighted by molar-refractivity contribution is 5.58. The van der Waals surface area contributed by atoms with Gasteiger partial charge in [-0.1, -0.05) is 19.0 Å². The highest BCUT2D eigenvalue weighted by atomic mass is 16.5. The van der Waals surface area contributed by atoms with E-state index in [4.69, 9.17) is 4.52 Å². The van der Waals surface area contributed by atoms with Gasteiger partial charge < -0.3 is 9.84 Å². The quantitative estimate of drug-likeness (QED) is 0.863. The Balaban J connectivity index is 2.16. The largest absolute Gasteiger partial charge is 0.339 e. The van der Waals surface area contributed by atoms with Gasteiger partial charge in [0.05, 0.1) is 0 Å². The van der Waals surface area contributed by atoms with Gasteiger partial charge in [0.1, 0.15) is 0 Å². The van der Waals surface area contributed by atoms with Crippen LogP contribution in [0.15, 0.2) is 23.0 Å². The molecule has 0 aliphatic rings. The van der Waals surface area contributed by atoms with E-state index >= 15 is 0 Å². The van der Waals surface area contributed by atoms with Crippen LogP contribution in [-0.2, 0) is 12.8 Å². The maximum absolute atomic E-state index is 5.31. The maximum Gasteiger partial charge on any atom is 0.228 e. The van der Waals surface area contributed by atoms with E-state index in [9.17, 15) is 0 Å². The first-order valence-electron chi connectivity index (χ1n) is 6.73. The molecular formula is C14H20N4O. The van der Waals surface area contributed by atoms with E-state index in [0.29, 0.717) is 17.8 Å². The van der Waals surface area contributed by atoms with Crippen molar-refractivity contribution >= 4 is 0 Å². The highest BCUT2D eigenvalue weighted by Crippen LogP contribution is 2.20. The molecule has 0 saturated heterocycles. The second-order valence-corrected chi connectivity index (χ2v) is 4.56. The predicted molar refractivity (Wildman–Crippen MR) is 73.7 cm³/mol. The van der Waals surface area contributed by atoms with Crippen LogP contribution < -0.4 is 5.32 Å². The molecule has 0 aliphatic heterocycles. The molecule has 19 heavy (non-hydrogen) atoms. The monoisotopic (exact) mass is 260 g/mol. The molecule has 2 aromatic rings. The molecule has 2 aromatic heterocycles. The number of hydrogen-bond acceptors (Lipinski definition) is 5. The summed E-state index contributed by atoms with van der Waals surface area (Å²) in [6.45, 7) is 7.22. The lowest BCUT2D eigenvalue weighted by atomic mass is 10.1. The minimum absolute atomic E-state index is 0.335. The molecule has 2 rings (SSSR count). The number of nitrogens with zero attached hydrogens (tertiary/aromatic N) is 3. The van der Waals surface area contributed by atoms with Crippen LogP contribution in [0, 0.1) is 0 Å². The lowest BCUT2D eigenvalue weighted by Gasteiger charge is -2.07. The van der Waals surface area contributed by atoms with Crippen molar-refractivity contribution in [1.82, 2.24) is 20.4 Å². The maximum atomic E-state index is 5.31. The smallest absolute Gasteiger partial charge is 0.228 e. The Morgan fingerprint density at radius 1 is 1.37 bits per heavy atom. The van der Waals surface area contributed by atoms with Crippen LogP contribution in [-0.4, -0.2) is 27.7 Å². The Hall–Kier alpha value is -1.75. The van der Waals surface area contributed by atoms with Crippen LogP contribution in [0.4, 0.5) is 0 Å². The molecule has 5 nitrogen and oxygen atoms in total. The first-order valence-corrected chi connectivity index (χ1v) is 6.73. The number of nitrogens with one attached hydrogen (secondary N) is 1. The van der Waals surface area contributed by atoms with Crippen molar-refractivity contribution < 1.29 is 4.52 Å². The molecule has 2 heterocycles. The molecule has 0 aliphatic carbocycles. The van der Waals surface area contributed by atoms with E-state index in [1.54, 1.807) is 6.20 Å². The van der Waals surface area contributed by atoms with Crippen LogP contribution in [0.5, 0.6) is 0 Å². The lowest BCUT2D eigenvalue weighted by Crippen LogP contribution is -2.27. The van der Waals surface area contributed by atoms with E-state index in [0.717, 1.165) is 30.5 Å². The summed E-state index contributed by atoms with van der Waals surface area (Å²) in [5.74, 6) is 1.32. The van der Waals surface area contributed by atoms with Crippen molar-refractivity contribution in [3.05, 3.63) is 29.9 Å². The summed E-state index contributed by atoms with van der Waals surface area (Å²) in [4.78, 5) is 8.59. The van der Waals surface area contributed by atoms with Crippen LogP contribution in [0.25, 0.3) is 11.4 Å². The van der Waals surface area contributed by atoms with Crippen molar-refractivity contribution in [3.8, 4) is 11.4 Å². The van der Waals surface area contributed by atoms with Gasteiger partial charge >= 0.3 is 0 Å². The summed E-state index contributed by atoms with van der Waals surface area (Å²) in [6, 6.07) is 2.27. The van der Waals surface area contributed by atoms with Gasteiger partial charge in [-0.15, -0.1) is 0 Å². The molecule has 1 atom stereocenters. The second kappa shape index (κ2) is 6.43. The van der Waals surface area contributed by atoms with Crippen molar-refractivity contribution in [1.29, 1.82) is 0 Å². The third-order valence-corrected chi connectivity index (χ3v) is 3.03. The zero-order chi connectivity index (χ0) is 13.7. The molecule has 0 radical (unpaired) electrons. The van der Waals surface area contributed by atoms with Gasteiger partial charge in [0.15, 0.2) is 0 Å². The zero-order valence-electron chi connectivity index (χ0n) is 11.7. The van der Waals surface area contributed by atoms with Gasteiger partial charge in [0, 0.05) is 30.4 Å². The molecule has 1 N–H and O–H groups in total. The molecule has 1 unspecified atom stereocenters. The molecule has 0 amide bonds. The Morgan fingerprint density at radius 3 is 2.95 bits per heavy atom. The first kappa shape index (κ1) is 13.7. The highest BCUT2D eigenvalue weighted by Gasteiger charge is 2.13. The van der Waals surface area contributed by atoms with E-state index in [1.807, 2.05) is 12.3 Å². The fraction of sp³-hybridized carbons (Fsp3) is 0.500. The summed E-state index contributed by atoms with van der Waals surface area (Å²) in [6.07, 6.45) is 5.26. The Labute approximate surface area is 113 Å². The van der Waals surface area contributed by atoms with Crippen LogP contribution in [0.3, 0.4) is 0 Å². The molecule has 0 fully saturated rings. The van der Waals surface area contributed by atoms with Crippen LogP contribution in [0.1, 0.15) is 32.2 Å². The van der Waals surface area contributed by atoms with Gasteiger partial charge in [0.25, 0.3) is 0 Å². The Kier molecular flexibility index (Phi) is 4.63.